The minimum atomic E-state index is -0.437. The molecule has 1 amide bonds. The Morgan fingerprint density at radius 2 is 1.77 bits per heavy atom. The van der Waals surface area contributed by atoms with Crippen LogP contribution in [0.3, 0.4) is 0 Å². The average Bonchev–Trinajstić information content (AvgIpc) is 2.99. The lowest BCUT2D eigenvalue weighted by molar-refractivity contribution is -0.151. The van der Waals surface area contributed by atoms with E-state index in [1.807, 2.05) is 13.8 Å². The molecule has 0 saturated heterocycles. The lowest BCUT2D eigenvalue weighted by Crippen LogP contribution is -2.24. The van der Waals surface area contributed by atoms with Gasteiger partial charge in [-0.05, 0) is 51.0 Å². The fourth-order valence-electron chi connectivity index (χ4n) is 3.11. The Kier molecular flexibility index (Phi) is 7.63. The minimum absolute atomic E-state index is 0.188. The van der Waals surface area contributed by atoms with Crippen molar-refractivity contribution in [3.8, 4) is 0 Å². The number of rotatable bonds is 8. The third-order valence-electron chi connectivity index (χ3n) is 4.57. The molecular formula is C19H27NO5S. The average molecular weight is 381 g/mol. The highest BCUT2D eigenvalue weighted by Crippen LogP contribution is 2.38. The lowest BCUT2D eigenvalue weighted by Gasteiger charge is -2.13. The molecule has 1 aromatic heterocycles. The summed E-state index contributed by atoms with van der Waals surface area (Å²) in [5, 5.41) is 3.24. The normalized spacial score (nSPS) is 13.2. The molecule has 6 nitrogen and oxygen atoms in total. The van der Waals surface area contributed by atoms with Crippen LogP contribution in [0, 0.1) is 5.92 Å². The summed E-state index contributed by atoms with van der Waals surface area (Å²) >= 11 is 1.42. The molecule has 0 unspecified atom stereocenters. The van der Waals surface area contributed by atoms with Crippen molar-refractivity contribution in [3.05, 3.63) is 16.0 Å². The van der Waals surface area contributed by atoms with Crippen LogP contribution < -0.4 is 5.32 Å². The maximum atomic E-state index is 12.4. The summed E-state index contributed by atoms with van der Waals surface area (Å²) in [7, 11) is 0. The van der Waals surface area contributed by atoms with Gasteiger partial charge in [-0.2, -0.15) is 0 Å². The number of ether oxygens (including phenoxy) is 2. The highest BCUT2D eigenvalue weighted by molar-refractivity contribution is 7.17. The Bertz CT molecular complexity index is 663. The van der Waals surface area contributed by atoms with Crippen LogP contribution >= 0.6 is 11.3 Å². The van der Waals surface area contributed by atoms with E-state index in [9.17, 15) is 14.4 Å². The topological polar surface area (TPSA) is 81.7 Å². The van der Waals surface area contributed by atoms with Gasteiger partial charge < -0.3 is 14.8 Å². The third kappa shape index (κ3) is 4.84. The summed E-state index contributed by atoms with van der Waals surface area (Å²) in [6, 6.07) is 0. The molecule has 0 aromatic carbocycles. The second kappa shape index (κ2) is 9.71. The number of carbonyl (C=O) groups excluding carboxylic acids is 3. The van der Waals surface area contributed by atoms with E-state index in [0.29, 0.717) is 23.4 Å². The lowest BCUT2D eigenvalue weighted by atomic mass is 9.95. The van der Waals surface area contributed by atoms with E-state index in [0.717, 1.165) is 36.1 Å². The second-order valence-corrected chi connectivity index (χ2v) is 7.41. The molecule has 0 saturated carbocycles. The van der Waals surface area contributed by atoms with Gasteiger partial charge >= 0.3 is 11.9 Å². The molecule has 1 aromatic rings. The molecule has 26 heavy (non-hydrogen) atoms. The summed E-state index contributed by atoms with van der Waals surface area (Å²) in [5.41, 5.74) is 1.45. The first-order valence-electron chi connectivity index (χ1n) is 9.29. The highest BCUT2D eigenvalue weighted by Gasteiger charge is 2.27. The maximum Gasteiger partial charge on any atom is 0.341 e. The molecule has 1 heterocycles. The molecule has 1 aliphatic rings. The summed E-state index contributed by atoms with van der Waals surface area (Å²) in [6.45, 7) is 5.52. The Morgan fingerprint density at radius 3 is 2.42 bits per heavy atom. The van der Waals surface area contributed by atoms with Gasteiger partial charge in [0.2, 0.25) is 0 Å². The van der Waals surface area contributed by atoms with Gasteiger partial charge in [-0.25, -0.2) is 4.79 Å². The van der Waals surface area contributed by atoms with Crippen molar-refractivity contribution < 1.29 is 23.9 Å². The summed E-state index contributed by atoms with van der Waals surface area (Å²) in [5.74, 6) is -1.39. The Morgan fingerprint density at radius 1 is 1.08 bits per heavy atom. The van der Waals surface area contributed by atoms with Crippen LogP contribution in [0.4, 0.5) is 5.00 Å². The van der Waals surface area contributed by atoms with Gasteiger partial charge in [-0.1, -0.05) is 13.8 Å². The number of fused-ring (bicyclic) bond motifs is 1. The summed E-state index contributed by atoms with van der Waals surface area (Å²) < 4.78 is 10.3. The molecule has 0 aliphatic heterocycles. The van der Waals surface area contributed by atoms with Gasteiger partial charge in [0.1, 0.15) is 5.00 Å². The van der Waals surface area contributed by atoms with E-state index in [-0.39, 0.29) is 25.1 Å². The van der Waals surface area contributed by atoms with Crippen LogP contribution in [-0.4, -0.2) is 31.1 Å². The van der Waals surface area contributed by atoms with Crippen LogP contribution in [0.25, 0.3) is 0 Å². The SMILES string of the molecule is CCOC(=O)c1c(NC(=O)COC(=O)C(CC)CC)sc2c1CCCC2. The fourth-order valence-corrected chi connectivity index (χ4v) is 4.41. The number of hydrogen-bond donors (Lipinski definition) is 1. The minimum Gasteiger partial charge on any atom is -0.462 e. The quantitative estimate of drug-likeness (QED) is 0.694. The molecule has 0 bridgehead atoms. The summed E-state index contributed by atoms with van der Waals surface area (Å²) in [4.78, 5) is 37.6. The molecule has 2 rings (SSSR count). The Balaban J connectivity index is 2.08. The molecule has 7 heteroatoms. The van der Waals surface area contributed by atoms with E-state index in [1.165, 1.54) is 11.3 Å². The standard InChI is InChI=1S/C19H27NO5S/c1-4-12(5-2)18(22)25-11-15(21)20-17-16(19(23)24-6-3)13-9-7-8-10-14(13)26-17/h12H,4-11H2,1-3H3,(H,20,21). The van der Waals surface area contributed by atoms with Gasteiger partial charge in [0.05, 0.1) is 18.1 Å². The molecule has 144 valence electrons. The van der Waals surface area contributed by atoms with Crippen molar-refractivity contribution in [1.82, 2.24) is 0 Å². The van der Waals surface area contributed by atoms with Crippen molar-refractivity contribution >= 4 is 34.2 Å². The van der Waals surface area contributed by atoms with Gasteiger partial charge in [0, 0.05) is 4.88 Å². The Labute approximate surface area is 158 Å². The van der Waals surface area contributed by atoms with E-state index >= 15 is 0 Å². The molecule has 1 aliphatic carbocycles. The molecule has 1 N–H and O–H groups in total. The molecule has 0 spiro atoms. The maximum absolute atomic E-state index is 12.4. The fraction of sp³-hybridized carbons (Fsp3) is 0.632. The molecule has 0 radical (unpaired) electrons. The third-order valence-corrected chi connectivity index (χ3v) is 5.78. The zero-order valence-electron chi connectivity index (χ0n) is 15.7. The van der Waals surface area contributed by atoms with Crippen LogP contribution in [-0.2, 0) is 31.9 Å². The zero-order chi connectivity index (χ0) is 19.1. The van der Waals surface area contributed by atoms with Crippen molar-refractivity contribution in [2.75, 3.05) is 18.5 Å². The molecule has 0 atom stereocenters. The number of nitrogens with one attached hydrogen (secondary N) is 1. The van der Waals surface area contributed by atoms with Gasteiger partial charge in [-0.15, -0.1) is 11.3 Å². The second-order valence-electron chi connectivity index (χ2n) is 6.30. The first kappa shape index (κ1) is 20.4. The van der Waals surface area contributed by atoms with Crippen molar-refractivity contribution in [3.63, 3.8) is 0 Å². The predicted octanol–water partition coefficient (Wildman–Crippen LogP) is 3.72. The molecule has 0 fully saturated rings. The van der Waals surface area contributed by atoms with Gasteiger partial charge in [0.25, 0.3) is 5.91 Å². The van der Waals surface area contributed by atoms with Gasteiger partial charge in [0.15, 0.2) is 6.61 Å². The van der Waals surface area contributed by atoms with Crippen LogP contribution in [0.2, 0.25) is 0 Å². The number of thiophene rings is 1. The highest BCUT2D eigenvalue weighted by atomic mass is 32.1. The number of esters is 2. The smallest absolute Gasteiger partial charge is 0.341 e. The van der Waals surface area contributed by atoms with E-state index in [4.69, 9.17) is 9.47 Å². The van der Waals surface area contributed by atoms with Crippen LogP contribution in [0.1, 0.15) is 67.3 Å². The monoisotopic (exact) mass is 381 g/mol. The number of amides is 1. The number of aryl methyl sites for hydroxylation is 1. The Hall–Kier alpha value is -1.89. The number of hydrogen-bond acceptors (Lipinski definition) is 6. The van der Waals surface area contributed by atoms with E-state index in [1.54, 1.807) is 6.92 Å². The van der Waals surface area contributed by atoms with Crippen molar-refractivity contribution in [2.45, 2.75) is 59.3 Å². The number of anilines is 1. The first-order chi connectivity index (χ1) is 12.5. The van der Waals surface area contributed by atoms with Crippen molar-refractivity contribution in [1.29, 1.82) is 0 Å². The number of carbonyl (C=O) groups is 3. The van der Waals surface area contributed by atoms with Crippen LogP contribution in [0.5, 0.6) is 0 Å². The van der Waals surface area contributed by atoms with Crippen molar-refractivity contribution in [2.24, 2.45) is 5.92 Å². The van der Waals surface area contributed by atoms with E-state index in [2.05, 4.69) is 5.32 Å². The van der Waals surface area contributed by atoms with E-state index < -0.39 is 11.9 Å². The zero-order valence-corrected chi connectivity index (χ0v) is 16.5. The first-order valence-corrected chi connectivity index (χ1v) is 10.1. The van der Waals surface area contributed by atoms with Crippen LogP contribution in [0.15, 0.2) is 0 Å². The summed E-state index contributed by atoms with van der Waals surface area (Å²) in [6.07, 6.45) is 5.20. The van der Waals surface area contributed by atoms with Gasteiger partial charge in [-0.3, -0.25) is 9.59 Å². The largest absolute Gasteiger partial charge is 0.462 e. The molecular weight excluding hydrogens is 354 g/mol. The predicted molar refractivity (Wildman–Crippen MR) is 101 cm³/mol.